The third-order valence-corrected chi connectivity index (χ3v) is 3.32. The number of rotatable bonds is 3. The van der Waals surface area contributed by atoms with E-state index in [9.17, 15) is 4.79 Å². The fourth-order valence-electron chi connectivity index (χ4n) is 2.21. The Kier molecular flexibility index (Phi) is 2.48. The van der Waals surface area contributed by atoms with Crippen molar-refractivity contribution >= 4 is 17.5 Å². The molecule has 1 aromatic carbocycles. The van der Waals surface area contributed by atoms with Gasteiger partial charge < -0.3 is 9.84 Å². The Morgan fingerprint density at radius 3 is 2.50 bits per heavy atom. The van der Waals surface area contributed by atoms with Gasteiger partial charge in [-0.3, -0.25) is 4.99 Å². The van der Waals surface area contributed by atoms with Crippen LogP contribution in [0.2, 0.25) is 0 Å². The van der Waals surface area contributed by atoms with Crippen molar-refractivity contribution in [2.75, 3.05) is 19.8 Å². The second-order valence-electron chi connectivity index (χ2n) is 4.44. The summed E-state index contributed by atoms with van der Waals surface area (Å²) in [7, 11) is 0. The van der Waals surface area contributed by atoms with Crippen molar-refractivity contribution in [2.45, 2.75) is 5.41 Å². The molecule has 1 N–H and O–H groups in total. The van der Waals surface area contributed by atoms with Crippen molar-refractivity contribution in [1.29, 1.82) is 0 Å². The molecule has 0 unspecified atom stereocenters. The van der Waals surface area contributed by atoms with E-state index in [1.807, 2.05) is 30.3 Å². The molecular weight excluding hydrogens is 232 g/mol. The van der Waals surface area contributed by atoms with Crippen molar-refractivity contribution in [3.63, 3.8) is 0 Å². The highest BCUT2D eigenvalue weighted by atomic mass is 16.5. The molecule has 1 fully saturated rings. The van der Waals surface area contributed by atoms with Crippen molar-refractivity contribution in [3.05, 3.63) is 35.9 Å². The normalized spacial score (nSPS) is 20.9. The number of nitrogens with zero attached hydrogens (tertiary/aromatic N) is 2. The fraction of sp³-hybridized carbons (Fsp3) is 0.308. The first-order valence-corrected chi connectivity index (χ1v) is 5.71. The second-order valence-corrected chi connectivity index (χ2v) is 4.44. The average molecular weight is 244 g/mol. The van der Waals surface area contributed by atoms with Gasteiger partial charge in [-0.1, -0.05) is 30.3 Å². The Bertz CT molecular complexity index is 545. The van der Waals surface area contributed by atoms with E-state index in [1.165, 1.54) is 0 Å². The summed E-state index contributed by atoms with van der Waals surface area (Å²) in [4.78, 5) is 19.3. The summed E-state index contributed by atoms with van der Waals surface area (Å²) in [6, 6.07) is 9.84. The first kappa shape index (κ1) is 11.1. The maximum Gasteiger partial charge on any atom is 0.352 e. The Balaban J connectivity index is 1.97. The topological polar surface area (TPSA) is 71.2 Å². The molecule has 92 valence electrons. The van der Waals surface area contributed by atoms with Crippen molar-refractivity contribution in [2.24, 2.45) is 9.98 Å². The molecule has 0 amide bonds. The maximum atomic E-state index is 10.9. The van der Waals surface area contributed by atoms with Crippen LogP contribution in [0, 0.1) is 0 Å². The fourth-order valence-corrected chi connectivity index (χ4v) is 2.21. The van der Waals surface area contributed by atoms with Gasteiger partial charge in [-0.05, 0) is 5.56 Å². The largest absolute Gasteiger partial charge is 0.477 e. The number of hydrogen-bond donors (Lipinski definition) is 1. The number of benzene rings is 1. The Hall–Kier alpha value is -2.01. The van der Waals surface area contributed by atoms with Gasteiger partial charge in [-0.25, -0.2) is 9.79 Å². The molecule has 1 aromatic rings. The Labute approximate surface area is 104 Å². The number of carboxylic acids is 1. The highest BCUT2D eigenvalue weighted by molar-refractivity contribution is 6.40. The summed E-state index contributed by atoms with van der Waals surface area (Å²) < 4.78 is 5.30. The maximum absolute atomic E-state index is 10.9. The lowest BCUT2D eigenvalue weighted by Gasteiger charge is -2.40. The standard InChI is InChI=1S/C13H12N2O3/c16-11(17)10-6-14-12(15-10)13(7-18-8-13)9-4-2-1-3-5-9/h1-5H,6-8H2,(H,16,17). The molecule has 0 saturated carbocycles. The van der Waals surface area contributed by atoms with Crippen LogP contribution < -0.4 is 0 Å². The number of ether oxygens (including phenoxy) is 1. The van der Waals surface area contributed by atoms with Crippen molar-refractivity contribution in [1.82, 2.24) is 0 Å². The third kappa shape index (κ3) is 1.55. The van der Waals surface area contributed by atoms with E-state index in [4.69, 9.17) is 9.84 Å². The van der Waals surface area contributed by atoms with Gasteiger partial charge in [0.05, 0.1) is 19.8 Å². The highest BCUT2D eigenvalue weighted by Gasteiger charge is 2.46. The number of amidine groups is 1. The monoisotopic (exact) mass is 244 g/mol. The SMILES string of the molecule is O=C(O)C1=NC(C2(c3ccccc3)COC2)=NC1. The number of aliphatic imine (C=N–C) groups is 2. The summed E-state index contributed by atoms with van der Waals surface area (Å²) >= 11 is 0. The van der Waals surface area contributed by atoms with E-state index in [2.05, 4.69) is 9.98 Å². The van der Waals surface area contributed by atoms with E-state index in [-0.39, 0.29) is 17.7 Å². The molecule has 2 aliphatic heterocycles. The number of carboxylic acid groups (broad SMARTS) is 1. The van der Waals surface area contributed by atoms with Gasteiger partial charge in [0.1, 0.15) is 17.0 Å². The molecule has 2 aliphatic rings. The van der Waals surface area contributed by atoms with Crippen LogP contribution >= 0.6 is 0 Å². The van der Waals surface area contributed by atoms with Crippen LogP contribution in [-0.2, 0) is 14.9 Å². The molecule has 5 nitrogen and oxygen atoms in total. The van der Waals surface area contributed by atoms with Gasteiger partial charge in [-0.2, -0.15) is 0 Å². The molecule has 0 bridgehead atoms. The van der Waals surface area contributed by atoms with E-state index in [0.717, 1.165) is 5.56 Å². The molecule has 1 saturated heterocycles. The molecule has 0 spiro atoms. The summed E-state index contributed by atoms with van der Waals surface area (Å²) in [6.07, 6.45) is 0. The molecule has 2 heterocycles. The summed E-state index contributed by atoms with van der Waals surface area (Å²) in [5, 5.41) is 8.92. The molecule has 18 heavy (non-hydrogen) atoms. The summed E-state index contributed by atoms with van der Waals surface area (Å²) in [6.45, 7) is 1.16. The Morgan fingerprint density at radius 1 is 1.28 bits per heavy atom. The molecule has 0 aromatic heterocycles. The van der Waals surface area contributed by atoms with Gasteiger partial charge in [-0.15, -0.1) is 0 Å². The molecule has 5 heteroatoms. The van der Waals surface area contributed by atoms with E-state index in [1.54, 1.807) is 0 Å². The van der Waals surface area contributed by atoms with Gasteiger partial charge in [0, 0.05) is 0 Å². The Morgan fingerprint density at radius 2 is 2.00 bits per heavy atom. The quantitative estimate of drug-likeness (QED) is 0.858. The number of hydrogen-bond acceptors (Lipinski definition) is 4. The first-order chi connectivity index (χ1) is 8.72. The van der Waals surface area contributed by atoms with Gasteiger partial charge in [0.15, 0.2) is 0 Å². The van der Waals surface area contributed by atoms with Crippen LogP contribution in [0.4, 0.5) is 0 Å². The molecule has 3 rings (SSSR count). The van der Waals surface area contributed by atoms with Crippen LogP contribution in [0.3, 0.4) is 0 Å². The predicted molar refractivity (Wildman–Crippen MR) is 66.3 cm³/mol. The van der Waals surface area contributed by atoms with Gasteiger partial charge in [0.2, 0.25) is 0 Å². The van der Waals surface area contributed by atoms with Gasteiger partial charge in [0.25, 0.3) is 0 Å². The minimum atomic E-state index is -1.00. The second kappa shape index (κ2) is 4.03. The zero-order valence-electron chi connectivity index (χ0n) is 9.67. The van der Waals surface area contributed by atoms with Crippen LogP contribution in [0.25, 0.3) is 0 Å². The van der Waals surface area contributed by atoms with Crippen LogP contribution in [0.15, 0.2) is 40.3 Å². The average Bonchev–Trinajstić information content (AvgIpc) is 2.79. The zero-order chi connectivity index (χ0) is 12.6. The van der Waals surface area contributed by atoms with Crippen LogP contribution in [0.5, 0.6) is 0 Å². The lowest BCUT2D eigenvalue weighted by Crippen LogP contribution is -2.52. The van der Waals surface area contributed by atoms with E-state index in [0.29, 0.717) is 19.0 Å². The predicted octanol–water partition coefficient (Wildman–Crippen LogP) is 0.892. The number of carbonyl (C=O) groups is 1. The van der Waals surface area contributed by atoms with Crippen LogP contribution in [-0.4, -0.2) is 42.4 Å². The van der Waals surface area contributed by atoms with Crippen molar-refractivity contribution < 1.29 is 14.6 Å². The molecule has 0 atom stereocenters. The molecule has 0 radical (unpaired) electrons. The smallest absolute Gasteiger partial charge is 0.352 e. The molecule has 0 aliphatic carbocycles. The third-order valence-electron chi connectivity index (χ3n) is 3.32. The lowest BCUT2D eigenvalue weighted by molar-refractivity contribution is -0.129. The summed E-state index contributed by atoms with van der Waals surface area (Å²) in [5.41, 5.74) is 0.816. The van der Waals surface area contributed by atoms with E-state index >= 15 is 0 Å². The molecular formula is C13H12N2O3. The van der Waals surface area contributed by atoms with Gasteiger partial charge >= 0.3 is 5.97 Å². The van der Waals surface area contributed by atoms with E-state index < -0.39 is 5.97 Å². The highest BCUT2D eigenvalue weighted by Crippen LogP contribution is 2.35. The first-order valence-electron chi connectivity index (χ1n) is 5.71. The minimum Gasteiger partial charge on any atom is -0.477 e. The summed E-state index contributed by atoms with van der Waals surface area (Å²) in [5.74, 6) is -0.422. The lowest BCUT2D eigenvalue weighted by atomic mass is 9.77. The minimum absolute atomic E-state index is 0.104. The van der Waals surface area contributed by atoms with Crippen LogP contribution in [0.1, 0.15) is 5.56 Å². The van der Waals surface area contributed by atoms with Crippen molar-refractivity contribution in [3.8, 4) is 0 Å². The zero-order valence-corrected chi connectivity index (χ0v) is 9.67. The number of aliphatic carboxylic acids is 1.